The molecule has 1 aromatic heterocycles. The second-order valence-corrected chi connectivity index (χ2v) is 3.87. The van der Waals surface area contributed by atoms with Crippen molar-refractivity contribution in [3.05, 3.63) is 23.0 Å². The van der Waals surface area contributed by atoms with Crippen LogP contribution in [0.5, 0.6) is 5.75 Å². The first-order valence-corrected chi connectivity index (χ1v) is 5.79. The third-order valence-corrected chi connectivity index (χ3v) is 2.41. The molecular formula is C12H12F5NO3. The zero-order valence-electron chi connectivity index (χ0n) is 11.1. The molecule has 0 bridgehead atoms. The number of esters is 1. The molecule has 9 heteroatoms. The molecule has 1 heterocycles. The van der Waals surface area contributed by atoms with E-state index in [-0.39, 0.29) is 12.2 Å². The summed E-state index contributed by atoms with van der Waals surface area (Å²) in [5, 5.41) is 0. The largest absolute Gasteiger partial charge is 0.494 e. The lowest BCUT2D eigenvalue weighted by Crippen LogP contribution is -2.16. The van der Waals surface area contributed by atoms with Crippen molar-refractivity contribution in [2.45, 2.75) is 25.9 Å². The minimum absolute atomic E-state index is 0.0140. The van der Waals surface area contributed by atoms with Crippen LogP contribution in [0.2, 0.25) is 0 Å². The van der Waals surface area contributed by atoms with Gasteiger partial charge in [0.15, 0.2) is 11.4 Å². The van der Waals surface area contributed by atoms with Gasteiger partial charge in [-0.15, -0.1) is 0 Å². The number of hydrogen-bond donors (Lipinski definition) is 0. The number of pyridine rings is 1. The first-order valence-electron chi connectivity index (χ1n) is 5.79. The lowest BCUT2D eigenvalue weighted by atomic mass is 10.1. The zero-order chi connectivity index (χ0) is 16.2. The van der Waals surface area contributed by atoms with Crippen molar-refractivity contribution in [3.8, 4) is 5.75 Å². The number of halogens is 5. The summed E-state index contributed by atoms with van der Waals surface area (Å²) in [6.45, 7) is 1.52. The summed E-state index contributed by atoms with van der Waals surface area (Å²) in [6, 6.07) is 0.704. The Hall–Kier alpha value is -1.93. The molecule has 0 aliphatic rings. The highest BCUT2D eigenvalue weighted by Crippen LogP contribution is 2.38. The van der Waals surface area contributed by atoms with E-state index >= 15 is 0 Å². The van der Waals surface area contributed by atoms with Crippen molar-refractivity contribution >= 4 is 5.97 Å². The first kappa shape index (κ1) is 17.1. The normalized spacial score (nSPS) is 11.6. The summed E-state index contributed by atoms with van der Waals surface area (Å²) in [7, 11) is 0.933. The van der Waals surface area contributed by atoms with Gasteiger partial charge >= 0.3 is 12.1 Å². The van der Waals surface area contributed by atoms with Gasteiger partial charge in [-0.05, 0) is 13.0 Å². The van der Waals surface area contributed by atoms with Crippen molar-refractivity contribution < 1.29 is 36.2 Å². The predicted molar refractivity (Wildman–Crippen MR) is 61.1 cm³/mol. The van der Waals surface area contributed by atoms with Crippen molar-refractivity contribution in [1.82, 2.24) is 4.98 Å². The first-order chi connectivity index (χ1) is 9.70. The Balaban J connectivity index is 3.38. The van der Waals surface area contributed by atoms with E-state index in [1.54, 1.807) is 0 Å². The van der Waals surface area contributed by atoms with Gasteiger partial charge in [-0.1, -0.05) is 0 Å². The molecular weight excluding hydrogens is 301 g/mol. The van der Waals surface area contributed by atoms with Gasteiger partial charge in [-0.2, -0.15) is 13.2 Å². The van der Waals surface area contributed by atoms with Crippen molar-refractivity contribution in [1.29, 1.82) is 0 Å². The lowest BCUT2D eigenvalue weighted by molar-refractivity contribution is -0.144. The smallest absolute Gasteiger partial charge is 0.437 e. The van der Waals surface area contributed by atoms with Gasteiger partial charge in [0, 0.05) is 5.56 Å². The number of aromatic nitrogens is 1. The molecule has 0 spiro atoms. The molecule has 0 saturated carbocycles. The van der Waals surface area contributed by atoms with Crippen LogP contribution in [0.25, 0.3) is 0 Å². The summed E-state index contributed by atoms with van der Waals surface area (Å²) in [6.07, 6.45) is -8.82. The van der Waals surface area contributed by atoms with Crippen molar-refractivity contribution in [2.75, 3.05) is 13.7 Å². The minimum Gasteiger partial charge on any atom is -0.494 e. The van der Waals surface area contributed by atoms with Gasteiger partial charge in [0.25, 0.3) is 6.43 Å². The maximum Gasteiger partial charge on any atom is 0.437 e. The molecule has 0 aliphatic carbocycles. The molecule has 0 aliphatic heterocycles. The lowest BCUT2D eigenvalue weighted by Gasteiger charge is -2.16. The van der Waals surface area contributed by atoms with E-state index in [0.29, 0.717) is 6.07 Å². The fourth-order valence-corrected chi connectivity index (χ4v) is 1.64. The van der Waals surface area contributed by atoms with Crippen LogP contribution in [0, 0.1) is 0 Å². The van der Waals surface area contributed by atoms with Crippen LogP contribution in [-0.2, 0) is 22.1 Å². The Morgan fingerprint density at radius 3 is 2.43 bits per heavy atom. The molecule has 21 heavy (non-hydrogen) atoms. The van der Waals surface area contributed by atoms with E-state index in [1.165, 1.54) is 6.92 Å². The van der Waals surface area contributed by atoms with Crippen LogP contribution in [-0.4, -0.2) is 24.7 Å². The van der Waals surface area contributed by atoms with Gasteiger partial charge in [0.1, 0.15) is 5.69 Å². The van der Waals surface area contributed by atoms with Crippen LogP contribution >= 0.6 is 0 Å². The number of carbonyl (C=O) groups excluding carboxylic acids is 1. The molecule has 0 aromatic carbocycles. The minimum atomic E-state index is -4.99. The molecule has 0 amide bonds. The van der Waals surface area contributed by atoms with Crippen molar-refractivity contribution in [2.24, 2.45) is 0 Å². The van der Waals surface area contributed by atoms with E-state index in [0.717, 1.165) is 7.11 Å². The molecule has 118 valence electrons. The summed E-state index contributed by atoms with van der Waals surface area (Å²) >= 11 is 0. The van der Waals surface area contributed by atoms with Gasteiger partial charge < -0.3 is 9.47 Å². The zero-order valence-corrected chi connectivity index (χ0v) is 11.1. The van der Waals surface area contributed by atoms with Gasteiger partial charge in [0.05, 0.1) is 20.1 Å². The molecule has 0 unspecified atom stereocenters. The second kappa shape index (κ2) is 6.68. The Bertz CT molecular complexity index is 516. The van der Waals surface area contributed by atoms with Gasteiger partial charge in [-0.3, -0.25) is 4.79 Å². The summed E-state index contributed by atoms with van der Waals surface area (Å²) in [5.74, 6) is -1.62. The molecule has 1 rings (SSSR count). The van der Waals surface area contributed by atoms with E-state index in [4.69, 9.17) is 0 Å². The highest BCUT2D eigenvalue weighted by atomic mass is 19.4. The quantitative estimate of drug-likeness (QED) is 0.619. The van der Waals surface area contributed by atoms with Crippen LogP contribution in [0.3, 0.4) is 0 Å². The average molecular weight is 313 g/mol. The summed E-state index contributed by atoms with van der Waals surface area (Å²) in [5.41, 5.74) is -3.03. The molecule has 0 N–H and O–H groups in total. The predicted octanol–water partition coefficient (Wildman–Crippen LogP) is 3.15. The number of nitrogens with zero attached hydrogens (tertiary/aromatic N) is 1. The maximum absolute atomic E-state index is 12.8. The Morgan fingerprint density at radius 1 is 1.38 bits per heavy atom. The third-order valence-electron chi connectivity index (χ3n) is 2.41. The van der Waals surface area contributed by atoms with E-state index in [2.05, 4.69) is 14.5 Å². The number of methoxy groups -OCH3 is 1. The Labute approximate surface area is 116 Å². The van der Waals surface area contributed by atoms with Gasteiger partial charge in [-0.25, -0.2) is 13.8 Å². The third kappa shape index (κ3) is 4.27. The number of hydrogen-bond acceptors (Lipinski definition) is 4. The Kier molecular flexibility index (Phi) is 5.45. The van der Waals surface area contributed by atoms with E-state index < -0.39 is 42.1 Å². The van der Waals surface area contributed by atoms with E-state index in [1.807, 2.05) is 0 Å². The van der Waals surface area contributed by atoms with E-state index in [9.17, 15) is 26.7 Å². The number of alkyl halides is 5. The standard InChI is InChI=1S/C12H12F5NO3/c1-3-21-8(19)5-6-4-7(11(13)14)18-10(9(6)20-2)12(15,16)17/h4,11H,3,5H2,1-2H3. The SMILES string of the molecule is CCOC(=O)Cc1cc(C(F)F)nc(C(F)(F)F)c1OC. The Morgan fingerprint density at radius 2 is 2.00 bits per heavy atom. The average Bonchev–Trinajstić information content (AvgIpc) is 2.36. The molecule has 0 saturated heterocycles. The molecule has 0 fully saturated rings. The molecule has 1 aromatic rings. The number of ether oxygens (including phenoxy) is 2. The van der Waals surface area contributed by atoms with Crippen LogP contribution in [0.1, 0.15) is 30.3 Å². The molecule has 0 atom stereocenters. The number of carbonyl (C=O) groups is 1. The summed E-state index contributed by atoms with van der Waals surface area (Å²) in [4.78, 5) is 14.2. The second-order valence-electron chi connectivity index (χ2n) is 3.87. The van der Waals surface area contributed by atoms with Crippen LogP contribution in [0.15, 0.2) is 6.07 Å². The highest BCUT2D eigenvalue weighted by Gasteiger charge is 2.39. The summed E-state index contributed by atoms with van der Waals surface area (Å²) < 4.78 is 73.0. The van der Waals surface area contributed by atoms with Crippen molar-refractivity contribution in [3.63, 3.8) is 0 Å². The van der Waals surface area contributed by atoms with Crippen LogP contribution in [0.4, 0.5) is 22.0 Å². The highest BCUT2D eigenvalue weighted by molar-refractivity contribution is 5.73. The monoisotopic (exact) mass is 313 g/mol. The molecule has 4 nitrogen and oxygen atoms in total. The molecule has 0 radical (unpaired) electrons. The van der Waals surface area contributed by atoms with Gasteiger partial charge in [0.2, 0.25) is 0 Å². The topological polar surface area (TPSA) is 48.4 Å². The maximum atomic E-state index is 12.8. The fourth-order valence-electron chi connectivity index (χ4n) is 1.64. The number of rotatable bonds is 5. The fraction of sp³-hybridized carbons (Fsp3) is 0.500. The van der Waals surface area contributed by atoms with Crippen LogP contribution < -0.4 is 4.74 Å².